The monoisotopic (exact) mass is 356 g/mol. The Kier molecular flexibility index (Phi) is 5.43. The summed E-state index contributed by atoms with van der Waals surface area (Å²) < 4.78 is 4.98. The molecule has 0 unspecified atom stereocenters. The van der Waals surface area contributed by atoms with Gasteiger partial charge in [0.15, 0.2) is 5.75 Å². The maximum atomic E-state index is 12.7. The molecule has 0 spiro atoms. The number of benzene rings is 1. The molecule has 3 rings (SSSR count). The number of pyridine rings is 1. The van der Waals surface area contributed by atoms with Gasteiger partial charge < -0.3 is 9.64 Å². The predicted molar refractivity (Wildman–Crippen MR) is 95.1 cm³/mol. The predicted octanol–water partition coefficient (Wildman–Crippen LogP) is 1.96. The number of hydrogen-bond donors (Lipinski definition) is 0. The van der Waals surface area contributed by atoms with E-state index in [-0.39, 0.29) is 17.3 Å². The van der Waals surface area contributed by atoms with Gasteiger partial charge in [0, 0.05) is 56.7 Å². The van der Waals surface area contributed by atoms with Gasteiger partial charge in [0.05, 0.1) is 12.0 Å². The summed E-state index contributed by atoms with van der Waals surface area (Å²) in [6.07, 6.45) is 3.54. The van der Waals surface area contributed by atoms with Crippen molar-refractivity contribution in [1.82, 2.24) is 14.8 Å². The summed E-state index contributed by atoms with van der Waals surface area (Å²) in [5.41, 5.74) is 1.29. The van der Waals surface area contributed by atoms with Gasteiger partial charge in [-0.25, -0.2) is 0 Å². The second-order valence-corrected chi connectivity index (χ2v) is 6.07. The van der Waals surface area contributed by atoms with E-state index in [2.05, 4.69) is 9.88 Å². The largest absolute Gasteiger partial charge is 0.490 e. The summed E-state index contributed by atoms with van der Waals surface area (Å²) in [6.45, 7) is 3.50. The fraction of sp³-hybridized carbons (Fsp3) is 0.333. The van der Waals surface area contributed by atoms with Crippen LogP contribution in [-0.4, -0.2) is 58.9 Å². The highest BCUT2D eigenvalue weighted by molar-refractivity contribution is 5.95. The van der Waals surface area contributed by atoms with Crippen LogP contribution in [0.5, 0.6) is 5.75 Å². The number of amides is 1. The number of piperazine rings is 1. The van der Waals surface area contributed by atoms with Crippen molar-refractivity contribution in [3.8, 4) is 5.75 Å². The van der Waals surface area contributed by atoms with Crippen LogP contribution in [0.15, 0.2) is 42.7 Å². The fourth-order valence-electron chi connectivity index (χ4n) is 3.00. The van der Waals surface area contributed by atoms with Gasteiger partial charge in [-0.05, 0) is 29.8 Å². The van der Waals surface area contributed by atoms with E-state index in [1.165, 1.54) is 24.8 Å². The van der Waals surface area contributed by atoms with E-state index in [4.69, 9.17) is 4.74 Å². The smallest absolute Gasteiger partial charge is 0.311 e. The molecule has 0 saturated carbocycles. The minimum atomic E-state index is -0.539. The third-order valence-electron chi connectivity index (χ3n) is 4.44. The third kappa shape index (κ3) is 3.97. The van der Waals surface area contributed by atoms with E-state index in [1.807, 2.05) is 12.1 Å². The molecular weight excluding hydrogens is 336 g/mol. The molecule has 0 N–H and O–H groups in total. The number of methoxy groups -OCH3 is 1. The molecule has 8 nitrogen and oxygen atoms in total. The van der Waals surface area contributed by atoms with Gasteiger partial charge in [-0.2, -0.15) is 0 Å². The summed E-state index contributed by atoms with van der Waals surface area (Å²) in [5.74, 6) is -0.0481. The topological polar surface area (TPSA) is 88.8 Å². The maximum Gasteiger partial charge on any atom is 0.311 e. The van der Waals surface area contributed by atoms with Crippen LogP contribution in [0, 0.1) is 10.1 Å². The van der Waals surface area contributed by atoms with Crippen molar-refractivity contribution in [1.29, 1.82) is 0 Å². The first-order valence-corrected chi connectivity index (χ1v) is 8.31. The van der Waals surface area contributed by atoms with Gasteiger partial charge in [-0.15, -0.1) is 0 Å². The minimum Gasteiger partial charge on any atom is -0.490 e. The van der Waals surface area contributed by atoms with Crippen molar-refractivity contribution in [2.24, 2.45) is 0 Å². The molecule has 2 aromatic rings. The molecule has 1 fully saturated rings. The van der Waals surface area contributed by atoms with Crippen LogP contribution in [0.1, 0.15) is 15.9 Å². The lowest BCUT2D eigenvalue weighted by Gasteiger charge is -2.34. The van der Waals surface area contributed by atoms with Crippen LogP contribution < -0.4 is 4.74 Å². The average molecular weight is 356 g/mol. The van der Waals surface area contributed by atoms with E-state index in [0.29, 0.717) is 18.7 Å². The molecule has 1 aromatic carbocycles. The molecule has 1 aliphatic heterocycles. The summed E-state index contributed by atoms with van der Waals surface area (Å²) in [4.78, 5) is 31.3. The Bertz CT molecular complexity index is 789. The van der Waals surface area contributed by atoms with Crippen LogP contribution in [0.2, 0.25) is 0 Å². The van der Waals surface area contributed by atoms with E-state index in [1.54, 1.807) is 23.4 Å². The molecule has 26 heavy (non-hydrogen) atoms. The Hall–Kier alpha value is -3.00. The van der Waals surface area contributed by atoms with Crippen molar-refractivity contribution in [2.75, 3.05) is 33.3 Å². The van der Waals surface area contributed by atoms with Gasteiger partial charge >= 0.3 is 5.69 Å². The van der Waals surface area contributed by atoms with Crippen LogP contribution in [0.25, 0.3) is 0 Å². The SMILES string of the molecule is COc1ccc(C(=O)N2CCN(Cc3ccncc3)CC2)cc1[N+](=O)[O-]. The fourth-order valence-corrected chi connectivity index (χ4v) is 3.00. The van der Waals surface area contributed by atoms with Crippen molar-refractivity contribution in [3.63, 3.8) is 0 Å². The molecule has 136 valence electrons. The van der Waals surface area contributed by atoms with Crippen molar-refractivity contribution < 1.29 is 14.5 Å². The molecule has 1 saturated heterocycles. The number of nitro benzene ring substituents is 1. The first kappa shape index (κ1) is 17.8. The first-order chi connectivity index (χ1) is 12.6. The Morgan fingerprint density at radius 2 is 1.88 bits per heavy atom. The lowest BCUT2D eigenvalue weighted by atomic mass is 10.1. The molecule has 8 heteroatoms. The van der Waals surface area contributed by atoms with Crippen LogP contribution >= 0.6 is 0 Å². The molecular formula is C18H20N4O4. The molecule has 1 amide bonds. The maximum absolute atomic E-state index is 12.7. The van der Waals surface area contributed by atoms with Gasteiger partial charge in [-0.1, -0.05) is 0 Å². The molecule has 2 heterocycles. The number of ether oxygens (including phenoxy) is 1. The number of rotatable bonds is 5. The normalized spacial score (nSPS) is 14.9. The second-order valence-electron chi connectivity index (χ2n) is 6.07. The Labute approximate surface area is 151 Å². The number of hydrogen-bond acceptors (Lipinski definition) is 6. The van der Waals surface area contributed by atoms with E-state index in [0.717, 1.165) is 19.6 Å². The summed E-state index contributed by atoms with van der Waals surface area (Å²) in [5, 5.41) is 11.1. The van der Waals surface area contributed by atoms with Crippen LogP contribution in [0.3, 0.4) is 0 Å². The Morgan fingerprint density at radius 1 is 1.19 bits per heavy atom. The highest BCUT2D eigenvalue weighted by Gasteiger charge is 2.25. The standard InChI is InChI=1S/C18H20N4O4/c1-26-17-3-2-15(12-16(17)22(24)25)18(23)21-10-8-20(9-11-21)13-14-4-6-19-7-5-14/h2-7,12H,8-11,13H2,1H3. The Morgan fingerprint density at radius 3 is 2.50 bits per heavy atom. The van der Waals surface area contributed by atoms with Crippen molar-refractivity contribution >= 4 is 11.6 Å². The molecule has 0 atom stereocenters. The zero-order valence-corrected chi connectivity index (χ0v) is 14.5. The first-order valence-electron chi connectivity index (χ1n) is 8.31. The third-order valence-corrected chi connectivity index (χ3v) is 4.44. The number of carbonyl (C=O) groups is 1. The van der Waals surface area contributed by atoms with Gasteiger partial charge in [0.2, 0.25) is 0 Å². The Balaban J connectivity index is 1.63. The summed E-state index contributed by atoms with van der Waals surface area (Å²) in [6, 6.07) is 8.27. The highest BCUT2D eigenvalue weighted by atomic mass is 16.6. The minimum absolute atomic E-state index is 0.147. The average Bonchev–Trinajstić information content (AvgIpc) is 2.68. The number of carbonyl (C=O) groups excluding carboxylic acids is 1. The number of aromatic nitrogens is 1. The molecule has 0 bridgehead atoms. The second kappa shape index (κ2) is 7.92. The van der Waals surface area contributed by atoms with Crippen LogP contribution in [-0.2, 0) is 6.54 Å². The van der Waals surface area contributed by atoms with Gasteiger partial charge in [-0.3, -0.25) is 24.8 Å². The zero-order valence-electron chi connectivity index (χ0n) is 14.5. The zero-order chi connectivity index (χ0) is 18.5. The van der Waals surface area contributed by atoms with Gasteiger partial charge in [0.25, 0.3) is 5.91 Å². The molecule has 1 aliphatic rings. The van der Waals surface area contributed by atoms with Crippen molar-refractivity contribution in [2.45, 2.75) is 6.54 Å². The lowest BCUT2D eigenvalue weighted by Crippen LogP contribution is -2.48. The van der Waals surface area contributed by atoms with Crippen molar-refractivity contribution in [3.05, 3.63) is 64.0 Å². The molecule has 0 aliphatic carbocycles. The summed E-state index contributed by atoms with van der Waals surface area (Å²) >= 11 is 0. The van der Waals surface area contributed by atoms with E-state index in [9.17, 15) is 14.9 Å². The van der Waals surface area contributed by atoms with E-state index >= 15 is 0 Å². The van der Waals surface area contributed by atoms with Crippen LogP contribution in [0.4, 0.5) is 5.69 Å². The number of nitro groups is 1. The quantitative estimate of drug-likeness (QED) is 0.601. The highest BCUT2D eigenvalue weighted by Crippen LogP contribution is 2.28. The molecule has 0 radical (unpaired) electrons. The number of nitrogens with zero attached hydrogens (tertiary/aromatic N) is 4. The lowest BCUT2D eigenvalue weighted by molar-refractivity contribution is -0.385. The van der Waals surface area contributed by atoms with Gasteiger partial charge in [0.1, 0.15) is 0 Å². The molecule has 1 aromatic heterocycles. The summed E-state index contributed by atoms with van der Waals surface area (Å²) in [7, 11) is 1.37. The van der Waals surface area contributed by atoms with E-state index < -0.39 is 4.92 Å².